The number of benzene rings is 1. The highest BCUT2D eigenvalue weighted by Crippen LogP contribution is 2.27. The molecule has 0 saturated heterocycles. The number of aryl methyl sites for hydroxylation is 1. The Labute approximate surface area is 155 Å². The minimum Gasteiger partial charge on any atom is -0.327 e. The zero-order chi connectivity index (χ0) is 18.3. The van der Waals surface area contributed by atoms with Crippen molar-refractivity contribution in [1.82, 2.24) is 19.7 Å². The third-order valence-corrected chi connectivity index (χ3v) is 5.58. The number of carbonyl (C=O) groups is 1. The number of amides is 1. The first-order chi connectivity index (χ1) is 12.5. The van der Waals surface area contributed by atoms with E-state index >= 15 is 0 Å². The van der Waals surface area contributed by atoms with Gasteiger partial charge in [0.05, 0.1) is 6.42 Å². The van der Waals surface area contributed by atoms with Crippen molar-refractivity contribution in [3.05, 3.63) is 51.7 Å². The van der Waals surface area contributed by atoms with E-state index in [1.807, 2.05) is 60.1 Å². The summed E-state index contributed by atoms with van der Waals surface area (Å²) in [5.74, 6) is 1.58. The summed E-state index contributed by atoms with van der Waals surface area (Å²) in [5, 5.41) is 11.8. The van der Waals surface area contributed by atoms with Gasteiger partial charge in [-0.25, -0.2) is 4.98 Å². The summed E-state index contributed by atoms with van der Waals surface area (Å²) in [6.07, 6.45) is 0.639. The number of fused-ring (bicyclic) bond motifs is 1. The molecule has 0 aliphatic carbocycles. The van der Waals surface area contributed by atoms with Crippen molar-refractivity contribution in [3.8, 4) is 0 Å². The number of anilines is 2. The van der Waals surface area contributed by atoms with Gasteiger partial charge in [0.2, 0.25) is 11.9 Å². The van der Waals surface area contributed by atoms with E-state index in [9.17, 15) is 4.79 Å². The third kappa shape index (κ3) is 2.96. The minimum absolute atomic E-state index is 0.0371. The average Bonchev–Trinajstić information content (AvgIpc) is 3.17. The second-order valence-corrected chi connectivity index (χ2v) is 7.41. The Bertz CT molecular complexity index is 962. The first-order valence-electron chi connectivity index (χ1n) is 8.41. The van der Waals surface area contributed by atoms with Crippen LogP contribution in [-0.4, -0.2) is 39.2 Å². The Balaban J connectivity index is 1.64. The molecular weight excluding hydrogens is 348 g/mol. The fourth-order valence-corrected chi connectivity index (χ4v) is 3.95. The SMILES string of the molecule is Cc1csc(Cc2nnc(N3CC(=O)N(C)c4ccccc4C3)n2C)n1. The summed E-state index contributed by atoms with van der Waals surface area (Å²) in [6.45, 7) is 2.88. The zero-order valence-corrected chi connectivity index (χ0v) is 15.8. The smallest absolute Gasteiger partial charge is 0.246 e. The molecule has 26 heavy (non-hydrogen) atoms. The highest BCUT2D eigenvalue weighted by molar-refractivity contribution is 7.09. The van der Waals surface area contributed by atoms with E-state index < -0.39 is 0 Å². The predicted molar refractivity (Wildman–Crippen MR) is 102 cm³/mol. The van der Waals surface area contributed by atoms with Crippen molar-refractivity contribution in [2.24, 2.45) is 7.05 Å². The van der Waals surface area contributed by atoms with Crippen LogP contribution in [-0.2, 0) is 24.8 Å². The lowest BCUT2D eigenvalue weighted by atomic mass is 10.1. The first-order valence-corrected chi connectivity index (χ1v) is 9.29. The van der Waals surface area contributed by atoms with Crippen LogP contribution in [0.4, 0.5) is 11.6 Å². The quantitative estimate of drug-likeness (QED) is 0.709. The number of para-hydroxylation sites is 1. The Hall–Kier alpha value is -2.74. The summed E-state index contributed by atoms with van der Waals surface area (Å²) in [7, 11) is 3.76. The summed E-state index contributed by atoms with van der Waals surface area (Å²) in [5.41, 5.74) is 3.06. The largest absolute Gasteiger partial charge is 0.327 e. The van der Waals surface area contributed by atoms with Crippen LogP contribution in [0, 0.1) is 6.92 Å². The van der Waals surface area contributed by atoms with Crippen LogP contribution in [0.5, 0.6) is 0 Å². The maximum absolute atomic E-state index is 12.6. The van der Waals surface area contributed by atoms with Crippen LogP contribution in [0.3, 0.4) is 0 Å². The first kappa shape index (κ1) is 16.7. The van der Waals surface area contributed by atoms with Crippen LogP contribution >= 0.6 is 11.3 Å². The highest BCUT2D eigenvalue weighted by atomic mass is 32.1. The molecule has 0 unspecified atom stereocenters. The molecule has 3 aromatic rings. The molecule has 2 aromatic heterocycles. The van der Waals surface area contributed by atoms with E-state index in [2.05, 4.69) is 15.2 Å². The summed E-state index contributed by atoms with van der Waals surface area (Å²) < 4.78 is 1.96. The Morgan fingerprint density at radius 2 is 1.96 bits per heavy atom. The van der Waals surface area contributed by atoms with Crippen LogP contribution < -0.4 is 9.80 Å². The van der Waals surface area contributed by atoms with E-state index in [4.69, 9.17) is 0 Å². The van der Waals surface area contributed by atoms with E-state index in [1.54, 1.807) is 16.2 Å². The van der Waals surface area contributed by atoms with Crippen LogP contribution in [0.2, 0.25) is 0 Å². The standard InChI is InChI=1S/C18H20N6OS/c1-12-11-26-16(19-12)8-15-20-21-18(23(15)3)24-9-13-6-4-5-7-14(13)22(2)17(25)10-24/h4-7,11H,8-10H2,1-3H3. The summed E-state index contributed by atoms with van der Waals surface area (Å²) >= 11 is 1.63. The fourth-order valence-electron chi connectivity index (χ4n) is 3.18. The van der Waals surface area contributed by atoms with Gasteiger partial charge in [-0.15, -0.1) is 21.5 Å². The van der Waals surface area contributed by atoms with Crippen molar-refractivity contribution in [2.45, 2.75) is 19.9 Å². The molecule has 0 N–H and O–H groups in total. The van der Waals surface area contributed by atoms with Crippen molar-refractivity contribution >= 4 is 28.9 Å². The Morgan fingerprint density at radius 3 is 2.73 bits per heavy atom. The lowest BCUT2D eigenvalue weighted by Crippen LogP contribution is -2.36. The van der Waals surface area contributed by atoms with Gasteiger partial charge in [-0.3, -0.25) is 4.79 Å². The van der Waals surface area contributed by atoms with Crippen LogP contribution in [0.1, 0.15) is 22.1 Å². The van der Waals surface area contributed by atoms with Gasteiger partial charge in [-0.2, -0.15) is 0 Å². The van der Waals surface area contributed by atoms with Crippen molar-refractivity contribution < 1.29 is 4.79 Å². The topological polar surface area (TPSA) is 67.2 Å². The van der Waals surface area contributed by atoms with Crippen molar-refractivity contribution in [3.63, 3.8) is 0 Å². The molecule has 0 saturated carbocycles. The van der Waals surface area contributed by atoms with E-state index in [0.29, 0.717) is 18.9 Å². The molecule has 7 nitrogen and oxygen atoms in total. The molecule has 1 aromatic carbocycles. The second-order valence-electron chi connectivity index (χ2n) is 6.47. The molecule has 4 rings (SSSR count). The monoisotopic (exact) mass is 368 g/mol. The number of nitrogens with zero attached hydrogens (tertiary/aromatic N) is 6. The molecule has 1 aliphatic rings. The second kappa shape index (κ2) is 6.53. The predicted octanol–water partition coefficient (Wildman–Crippen LogP) is 2.15. The van der Waals surface area contributed by atoms with E-state index in [0.717, 1.165) is 27.8 Å². The molecule has 0 atom stereocenters. The van der Waals surface area contributed by atoms with Gasteiger partial charge in [-0.1, -0.05) is 18.2 Å². The molecule has 0 bridgehead atoms. The lowest BCUT2D eigenvalue weighted by Gasteiger charge is -2.20. The van der Waals surface area contributed by atoms with Gasteiger partial charge in [0.15, 0.2) is 0 Å². The van der Waals surface area contributed by atoms with Crippen molar-refractivity contribution in [1.29, 1.82) is 0 Å². The number of rotatable bonds is 3. The highest BCUT2D eigenvalue weighted by Gasteiger charge is 2.26. The zero-order valence-electron chi connectivity index (χ0n) is 15.0. The maximum atomic E-state index is 12.6. The lowest BCUT2D eigenvalue weighted by molar-refractivity contribution is -0.117. The normalized spacial score (nSPS) is 14.5. The van der Waals surface area contributed by atoms with Crippen LogP contribution in [0.15, 0.2) is 29.6 Å². The average molecular weight is 368 g/mol. The fraction of sp³-hybridized carbons (Fsp3) is 0.333. The van der Waals surface area contributed by atoms with E-state index in [-0.39, 0.29) is 12.5 Å². The number of aromatic nitrogens is 4. The maximum Gasteiger partial charge on any atom is 0.246 e. The molecule has 0 fully saturated rings. The molecule has 1 aliphatic heterocycles. The van der Waals surface area contributed by atoms with Gasteiger partial charge in [0, 0.05) is 37.4 Å². The van der Waals surface area contributed by atoms with Gasteiger partial charge in [0.1, 0.15) is 17.4 Å². The van der Waals surface area contributed by atoms with Gasteiger partial charge in [0.25, 0.3) is 0 Å². The van der Waals surface area contributed by atoms with Gasteiger partial charge >= 0.3 is 0 Å². The number of likely N-dealkylation sites (N-methyl/N-ethyl adjacent to an activating group) is 1. The minimum atomic E-state index is 0.0371. The molecular formula is C18H20N6OS. The van der Waals surface area contributed by atoms with Crippen LogP contribution in [0.25, 0.3) is 0 Å². The summed E-state index contributed by atoms with van der Waals surface area (Å²) in [6, 6.07) is 7.97. The molecule has 0 radical (unpaired) electrons. The molecule has 0 spiro atoms. The molecule has 3 heterocycles. The Morgan fingerprint density at radius 1 is 1.15 bits per heavy atom. The number of hydrogen-bond donors (Lipinski definition) is 0. The van der Waals surface area contributed by atoms with E-state index in [1.165, 1.54) is 0 Å². The third-order valence-electron chi connectivity index (χ3n) is 4.62. The number of thiazole rings is 1. The number of carbonyl (C=O) groups excluding carboxylic acids is 1. The van der Waals surface area contributed by atoms with Gasteiger partial charge < -0.3 is 14.4 Å². The van der Waals surface area contributed by atoms with Gasteiger partial charge in [-0.05, 0) is 18.6 Å². The Kier molecular flexibility index (Phi) is 4.20. The van der Waals surface area contributed by atoms with Crippen molar-refractivity contribution in [2.75, 3.05) is 23.4 Å². The number of hydrogen-bond acceptors (Lipinski definition) is 6. The molecule has 134 valence electrons. The molecule has 1 amide bonds. The summed E-state index contributed by atoms with van der Waals surface area (Å²) in [4.78, 5) is 20.8. The molecule has 8 heteroatoms.